The second-order valence-electron chi connectivity index (χ2n) is 6.09. The topological polar surface area (TPSA) is 81.9 Å². The molecule has 0 unspecified atom stereocenters. The summed E-state index contributed by atoms with van der Waals surface area (Å²) in [7, 11) is 0. The molecule has 4 aromatic rings. The lowest BCUT2D eigenvalue weighted by atomic mass is 10.2. The van der Waals surface area contributed by atoms with E-state index in [1.165, 1.54) is 18.5 Å². The molecule has 1 N–H and O–H groups in total. The number of amides is 1. The average Bonchev–Trinajstić information content (AvgIpc) is 3.15. The number of hydrogen-bond acceptors (Lipinski definition) is 5. The Morgan fingerprint density at radius 3 is 2.79 bits per heavy atom. The van der Waals surface area contributed by atoms with Gasteiger partial charge < -0.3 is 10.1 Å². The summed E-state index contributed by atoms with van der Waals surface area (Å²) in [5, 5.41) is 7.66. The monoisotopic (exact) mass is 377 g/mol. The third kappa shape index (κ3) is 4.12. The van der Waals surface area contributed by atoms with Gasteiger partial charge in [0.1, 0.15) is 12.1 Å². The van der Waals surface area contributed by atoms with Gasteiger partial charge in [0, 0.05) is 6.20 Å². The van der Waals surface area contributed by atoms with Crippen molar-refractivity contribution < 1.29 is 13.9 Å². The Hall–Kier alpha value is -3.81. The summed E-state index contributed by atoms with van der Waals surface area (Å²) in [6.45, 7) is 0.281. The van der Waals surface area contributed by atoms with Gasteiger partial charge in [-0.25, -0.2) is 14.4 Å². The summed E-state index contributed by atoms with van der Waals surface area (Å²) in [6, 6.07) is 13.6. The van der Waals surface area contributed by atoms with E-state index in [9.17, 15) is 9.18 Å². The third-order valence-electron chi connectivity index (χ3n) is 4.02. The van der Waals surface area contributed by atoms with Gasteiger partial charge in [-0.3, -0.25) is 9.48 Å². The first-order chi connectivity index (χ1) is 13.7. The molecule has 28 heavy (non-hydrogen) atoms. The van der Waals surface area contributed by atoms with Gasteiger partial charge in [-0.2, -0.15) is 5.10 Å². The van der Waals surface area contributed by atoms with E-state index in [-0.39, 0.29) is 18.3 Å². The van der Waals surface area contributed by atoms with Gasteiger partial charge in [-0.1, -0.05) is 24.3 Å². The third-order valence-corrected chi connectivity index (χ3v) is 4.02. The number of carbonyl (C=O) groups excluding carboxylic acids is 1. The summed E-state index contributed by atoms with van der Waals surface area (Å²) in [5.41, 5.74) is 2.19. The molecule has 0 aliphatic carbocycles. The molecule has 0 saturated carbocycles. The first kappa shape index (κ1) is 17.6. The summed E-state index contributed by atoms with van der Waals surface area (Å²) in [6.07, 6.45) is 4.64. The molecule has 0 saturated heterocycles. The van der Waals surface area contributed by atoms with E-state index in [0.29, 0.717) is 18.1 Å². The van der Waals surface area contributed by atoms with Gasteiger partial charge in [0.05, 0.1) is 29.3 Å². The number of benzene rings is 2. The maximum absolute atomic E-state index is 13.0. The zero-order chi connectivity index (χ0) is 19.3. The van der Waals surface area contributed by atoms with Crippen molar-refractivity contribution in [3.63, 3.8) is 0 Å². The minimum Gasteiger partial charge on any atom is -0.467 e. The molecule has 2 aromatic heterocycles. The van der Waals surface area contributed by atoms with Gasteiger partial charge in [0.15, 0.2) is 6.61 Å². The lowest BCUT2D eigenvalue weighted by Gasteiger charge is -2.07. The SMILES string of the molecule is O=C(COc1ncnc2ccccc12)Nc1cnn(Cc2ccc(F)cc2)c1. The molecular formula is C20H16FN5O2. The number of aromatic nitrogens is 4. The van der Waals surface area contributed by atoms with Crippen molar-refractivity contribution in [3.8, 4) is 5.88 Å². The zero-order valence-electron chi connectivity index (χ0n) is 14.7. The molecule has 7 nitrogen and oxygen atoms in total. The number of hydrogen-bond donors (Lipinski definition) is 1. The quantitative estimate of drug-likeness (QED) is 0.559. The molecule has 0 fully saturated rings. The number of anilines is 1. The van der Waals surface area contributed by atoms with Crippen LogP contribution in [0.5, 0.6) is 5.88 Å². The maximum atomic E-state index is 13.0. The van der Waals surface area contributed by atoms with Gasteiger partial charge in [-0.05, 0) is 29.8 Å². The van der Waals surface area contributed by atoms with Crippen molar-refractivity contribution in [1.82, 2.24) is 19.7 Å². The number of fused-ring (bicyclic) bond motifs is 1. The number of ether oxygens (including phenoxy) is 1. The first-order valence-electron chi connectivity index (χ1n) is 8.57. The molecule has 0 radical (unpaired) electrons. The lowest BCUT2D eigenvalue weighted by molar-refractivity contribution is -0.118. The molecule has 2 aromatic carbocycles. The fraction of sp³-hybridized carbons (Fsp3) is 0.100. The Balaban J connectivity index is 1.35. The highest BCUT2D eigenvalue weighted by Crippen LogP contribution is 2.20. The van der Waals surface area contributed by atoms with Crippen molar-refractivity contribution in [1.29, 1.82) is 0 Å². The van der Waals surface area contributed by atoms with E-state index in [2.05, 4.69) is 20.4 Å². The van der Waals surface area contributed by atoms with Crippen LogP contribution in [0, 0.1) is 5.82 Å². The van der Waals surface area contributed by atoms with Gasteiger partial charge in [0.2, 0.25) is 5.88 Å². The Morgan fingerprint density at radius 2 is 1.93 bits per heavy atom. The molecule has 2 heterocycles. The van der Waals surface area contributed by atoms with E-state index < -0.39 is 0 Å². The van der Waals surface area contributed by atoms with Crippen molar-refractivity contribution in [2.45, 2.75) is 6.54 Å². The molecule has 0 spiro atoms. The largest absolute Gasteiger partial charge is 0.467 e. The summed E-state index contributed by atoms with van der Waals surface area (Å²) in [4.78, 5) is 20.4. The van der Waals surface area contributed by atoms with Gasteiger partial charge in [-0.15, -0.1) is 0 Å². The van der Waals surface area contributed by atoms with Crippen LogP contribution in [0.2, 0.25) is 0 Å². The molecule has 140 valence electrons. The fourth-order valence-electron chi connectivity index (χ4n) is 2.72. The Labute approximate surface area is 159 Å². The van der Waals surface area contributed by atoms with Crippen LogP contribution in [0.1, 0.15) is 5.56 Å². The Kier molecular flexibility index (Phi) is 4.92. The molecule has 0 atom stereocenters. The number of nitrogens with one attached hydrogen (secondary N) is 1. The van der Waals surface area contributed by atoms with Gasteiger partial charge >= 0.3 is 0 Å². The van der Waals surface area contributed by atoms with Crippen LogP contribution in [-0.2, 0) is 11.3 Å². The molecular weight excluding hydrogens is 361 g/mol. The highest BCUT2D eigenvalue weighted by Gasteiger charge is 2.09. The van der Waals surface area contributed by atoms with Crippen molar-refractivity contribution in [2.75, 3.05) is 11.9 Å². The minimum absolute atomic E-state index is 0.190. The van der Waals surface area contributed by atoms with Crippen LogP contribution in [0.3, 0.4) is 0 Å². The second-order valence-corrected chi connectivity index (χ2v) is 6.09. The molecule has 1 amide bonds. The Morgan fingerprint density at radius 1 is 1.11 bits per heavy atom. The van der Waals surface area contributed by atoms with E-state index in [1.54, 1.807) is 29.2 Å². The van der Waals surface area contributed by atoms with E-state index in [4.69, 9.17) is 4.74 Å². The smallest absolute Gasteiger partial charge is 0.262 e. The minimum atomic E-state index is -0.330. The zero-order valence-corrected chi connectivity index (χ0v) is 14.7. The van der Waals surface area contributed by atoms with E-state index >= 15 is 0 Å². The summed E-state index contributed by atoms with van der Waals surface area (Å²) >= 11 is 0. The highest BCUT2D eigenvalue weighted by molar-refractivity contribution is 5.92. The Bertz CT molecular complexity index is 1110. The summed E-state index contributed by atoms with van der Waals surface area (Å²) in [5.74, 6) is -0.259. The average molecular weight is 377 g/mol. The number of carbonyl (C=O) groups is 1. The molecule has 8 heteroatoms. The van der Waals surface area contributed by atoms with Crippen molar-refractivity contribution >= 4 is 22.5 Å². The highest BCUT2D eigenvalue weighted by atomic mass is 19.1. The van der Waals surface area contributed by atoms with E-state index in [0.717, 1.165) is 16.5 Å². The number of para-hydroxylation sites is 1. The van der Waals surface area contributed by atoms with Crippen LogP contribution < -0.4 is 10.1 Å². The fourth-order valence-corrected chi connectivity index (χ4v) is 2.72. The molecule has 0 aliphatic rings. The predicted molar refractivity (Wildman–Crippen MR) is 101 cm³/mol. The maximum Gasteiger partial charge on any atom is 0.262 e. The predicted octanol–water partition coefficient (Wildman–Crippen LogP) is 3.03. The molecule has 4 rings (SSSR count). The molecule has 0 aliphatic heterocycles. The van der Waals surface area contributed by atoms with Crippen LogP contribution in [-0.4, -0.2) is 32.3 Å². The number of halogens is 1. The summed E-state index contributed by atoms with van der Waals surface area (Å²) < 4.78 is 20.2. The normalized spacial score (nSPS) is 10.8. The number of rotatable bonds is 6. The van der Waals surface area contributed by atoms with Crippen LogP contribution >= 0.6 is 0 Å². The van der Waals surface area contributed by atoms with Crippen LogP contribution in [0.15, 0.2) is 67.3 Å². The van der Waals surface area contributed by atoms with Crippen LogP contribution in [0.4, 0.5) is 10.1 Å². The number of nitrogens with zero attached hydrogens (tertiary/aromatic N) is 4. The van der Waals surface area contributed by atoms with E-state index in [1.807, 2.05) is 24.3 Å². The first-order valence-corrected chi connectivity index (χ1v) is 8.57. The van der Waals surface area contributed by atoms with Crippen molar-refractivity contribution in [2.24, 2.45) is 0 Å². The van der Waals surface area contributed by atoms with Crippen LogP contribution in [0.25, 0.3) is 10.9 Å². The second kappa shape index (κ2) is 7.83. The standard InChI is InChI=1S/C20H16FN5O2/c21-15-7-5-14(6-8-15)10-26-11-16(9-24-26)25-19(27)12-28-20-17-3-1-2-4-18(17)22-13-23-20/h1-9,11,13H,10,12H2,(H,25,27). The van der Waals surface area contributed by atoms with Crippen molar-refractivity contribution in [3.05, 3.63) is 78.6 Å². The lowest BCUT2D eigenvalue weighted by Crippen LogP contribution is -2.20. The molecule has 0 bridgehead atoms. The van der Waals surface area contributed by atoms with Gasteiger partial charge in [0.25, 0.3) is 5.91 Å².